The van der Waals surface area contributed by atoms with Crippen molar-refractivity contribution >= 4 is 5.91 Å². The minimum Gasteiger partial charge on any atom is -0.280 e. The van der Waals surface area contributed by atoms with Gasteiger partial charge >= 0.3 is 6.18 Å². The lowest BCUT2D eigenvalue weighted by molar-refractivity contribution is -0.127. The average Bonchev–Trinajstić information content (AvgIpc) is 2.15. The predicted octanol–water partition coefficient (Wildman–Crippen LogP) is 1.13. The van der Waals surface area contributed by atoms with Crippen LogP contribution in [0.5, 0.6) is 0 Å². The van der Waals surface area contributed by atoms with E-state index in [2.05, 4.69) is 4.98 Å². The van der Waals surface area contributed by atoms with Crippen LogP contribution in [0.3, 0.4) is 0 Å². The molecule has 88 valence electrons. The zero-order chi connectivity index (χ0) is 12.3. The first-order chi connectivity index (χ1) is 7.31. The Bertz CT molecular complexity index is 390. The fourth-order valence-corrected chi connectivity index (χ4v) is 1.18. The summed E-state index contributed by atoms with van der Waals surface area (Å²) in [6.07, 6.45) is -3.27. The van der Waals surface area contributed by atoms with Gasteiger partial charge in [-0.3, -0.25) is 14.8 Å². The molecule has 0 aliphatic rings. The number of hydrogen-bond donors (Lipinski definition) is 1. The number of nitrogens with two attached hydrogens (primary N) is 1. The fraction of sp³-hybridized carbons (Fsp3) is 0.333. The number of carbonyl (C=O) groups is 1. The number of alkyl halides is 3. The molecule has 1 rings (SSSR count). The van der Waals surface area contributed by atoms with Crippen LogP contribution >= 0.6 is 0 Å². The van der Waals surface area contributed by atoms with Gasteiger partial charge in [0.15, 0.2) is 0 Å². The number of aromatic nitrogens is 1. The first-order valence-corrected chi connectivity index (χ1v) is 4.33. The fourth-order valence-electron chi connectivity index (χ4n) is 1.18. The van der Waals surface area contributed by atoms with Crippen molar-refractivity contribution in [2.45, 2.75) is 12.6 Å². The highest BCUT2D eigenvalue weighted by Crippen LogP contribution is 2.23. The zero-order valence-corrected chi connectivity index (χ0v) is 8.45. The molecular formula is C9H10F3N3O. The summed E-state index contributed by atoms with van der Waals surface area (Å²) in [4.78, 5) is 15.1. The van der Waals surface area contributed by atoms with E-state index in [1.807, 2.05) is 0 Å². The van der Waals surface area contributed by atoms with Gasteiger partial charge in [-0.2, -0.15) is 13.2 Å². The number of halogens is 3. The molecule has 1 aromatic rings. The summed E-state index contributed by atoms with van der Waals surface area (Å²) in [7, 11) is 1.26. The van der Waals surface area contributed by atoms with Gasteiger partial charge in [0.05, 0.1) is 12.0 Å². The van der Waals surface area contributed by atoms with Crippen LogP contribution in [0.4, 0.5) is 13.2 Å². The molecule has 0 aromatic carbocycles. The second kappa shape index (κ2) is 4.48. The summed E-state index contributed by atoms with van der Waals surface area (Å²) >= 11 is 0. The van der Waals surface area contributed by atoms with Crippen LogP contribution in [-0.4, -0.2) is 29.1 Å². The number of carbonyl (C=O) groups excluding carboxylic acids is 1. The third-order valence-corrected chi connectivity index (χ3v) is 1.85. The maximum absolute atomic E-state index is 12.2. The molecule has 16 heavy (non-hydrogen) atoms. The molecule has 7 heteroatoms. The van der Waals surface area contributed by atoms with Crippen molar-refractivity contribution in [3.63, 3.8) is 0 Å². The Balaban J connectivity index is 3.06. The van der Waals surface area contributed by atoms with Crippen LogP contribution in [0.1, 0.15) is 15.9 Å². The van der Waals surface area contributed by atoms with Crippen LogP contribution in [0.15, 0.2) is 18.5 Å². The minimum atomic E-state index is -4.37. The van der Waals surface area contributed by atoms with Crippen LogP contribution < -0.4 is 5.84 Å². The van der Waals surface area contributed by atoms with Crippen LogP contribution in [0.25, 0.3) is 0 Å². The highest BCUT2D eigenvalue weighted by atomic mass is 19.4. The van der Waals surface area contributed by atoms with Crippen molar-refractivity contribution in [2.75, 3.05) is 7.05 Å². The number of hydrogen-bond acceptors (Lipinski definition) is 3. The molecule has 0 fully saturated rings. The Hall–Kier alpha value is -1.63. The van der Waals surface area contributed by atoms with Gasteiger partial charge in [-0.15, -0.1) is 0 Å². The molecule has 2 N–H and O–H groups in total. The Labute approximate surface area is 89.8 Å². The Morgan fingerprint density at radius 2 is 2.19 bits per heavy atom. The molecule has 0 bridgehead atoms. The summed E-state index contributed by atoms with van der Waals surface area (Å²) < 4.78 is 36.6. The SMILES string of the molecule is CN(N)C(=O)c1cnccc1CC(F)(F)F. The zero-order valence-electron chi connectivity index (χ0n) is 8.45. The van der Waals surface area contributed by atoms with Crippen molar-refractivity contribution in [1.29, 1.82) is 0 Å². The largest absolute Gasteiger partial charge is 0.393 e. The predicted molar refractivity (Wildman–Crippen MR) is 50.3 cm³/mol. The normalized spacial score (nSPS) is 11.3. The van der Waals surface area contributed by atoms with E-state index in [-0.39, 0.29) is 11.1 Å². The van der Waals surface area contributed by atoms with Crippen LogP contribution in [-0.2, 0) is 6.42 Å². The number of hydrazine groups is 1. The van der Waals surface area contributed by atoms with E-state index >= 15 is 0 Å². The smallest absolute Gasteiger partial charge is 0.280 e. The maximum atomic E-state index is 12.2. The third-order valence-electron chi connectivity index (χ3n) is 1.85. The van der Waals surface area contributed by atoms with E-state index in [0.29, 0.717) is 0 Å². The molecule has 0 unspecified atom stereocenters. The van der Waals surface area contributed by atoms with Gasteiger partial charge in [-0.25, -0.2) is 5.84 Å². The molecular weight excluding hydrogens is 223 g/mol. The average molecular weight is 233 g/mol. The molecule has 4 nitrogen and oxygen atoms in total. The second-order valence-corrected chi connectivity index (χ2v) is 3.24. The first-order valence-electron chi connectivity index (χ1n) is 4.33. The molecule has 0 aliphatic heterocycles. The van der Waals surface area contributed by atoms with Crippen molar-refractivity contribution in [2.24, 2.45) is 5.84 Å². The molecule has 0 atom stereocenters. The molecule has 1 amide bonds. The Kier molecular flexibility index (Phi) is 3.48. The number of nitrogens with zero attached hydrogens (tertiary/aromatic N) is 2. The number of rotatable bonds is 2. The molecule has 1 aromatic heterocycles. The Morgan fingerprint density at radius 1 is 1.56 bits per heavy atom. The summed E-state index contributed by atoms with van der Waals surface area (Å²) in [5, 5.41) is 0.719. The van der Waals surface area contributed by atoms with E-state index in [0.717, 1.165) is 17.3 Å². The summed E-state index contributed by atoms with van der Waals surface area (Å²) in [5.74, 6) is 4.47. The molecule has 0 spiro atoms. The summed E-state index contributed by atoms with van der Waals surface area (Å²) in [6, 6.07) is 1.16. The van der Waals surface area contributed by atoms with Gasteiger partial charge in [0.1, 0.15) is 0 Å². The van der Waals surface area contributed by atoms with Gasteiger partial charge in [-0.1, -0.05) is 0 Å². The molecule has 0 radical (unpaired) electrons. The van der Waals surface area contributed by atoms with Gasteiger partial charge in [0, 0.05) is 19.4 Å². The van der Waals surface area contributed by atoms with Crippen molar-refractivity contribution in [3.8, 4) is 0 Å². The summed E-state index contributed by atoms with van der Waals surface area (Å²) in [6.45, 7) is 0. The van der Waals surface area contributed by atoms with E-state index in [1.165, 1.54) is 13.2 Å². The van der Waals surface area contributed by atoms with Crippen molar-refractivity contribution in [1.82, 2.24) is 9.99 Å². The van der Waals surface area contributed by atoms with Crippen molar-refractivity contribution in [3.05, 3.63) is 29.6 Å². The van der Waals surface area contributed by atoms with E-state index in [1.54, 1.807) is 0 Å². The van der Waals surface area contributed by atoms with Crippen LogP contribution in [0.2, 0.25) is 0 Å². The minimum absolute atomic E-state index is 0.134. The maximum Gasteiger partial charge on any atom is 0.393 e. The second-order valence-electron chi connectivity index (χ2n) is 3.24. The molecule has 1 heterocycles. The van der Waals surface area contributed by atoms with Crippen molar-refractivity contribution < 1.29 is 18.0 Å². The van der Waals surface area contributed by atoms with E-state index in [9.17, 15) is 18.0 Å². The molecule has 0 saturated heterocycles. The standard InChI is InChI=1S/C9H10F3N3O/c1-15(13)8(16)7-5-14-3-2-6(7)4-9(10,11)12/h2-3,5H,4,13H2,1H3. The lowest BCUT2D eigenvalue weighted by Crippen LogP contribution is -2.34. The number of amides is 1. The van der Waals surface area contributed by atoms with Gasteiger partial charge in [0.25, 0.3) is 5.91 Å². The summed E-state index contributed by atoms with van der Waals surface area (Å²) in [5.41, 5.74) is -0.269. The Morgan fingerprint density at radius 3 is 2.69 bits per heavy atom. The molecule has 0 aliphatic carbocycles. The van der Waals surface area contributed by atoms with Gasteiger partial charge < -0.3 is 0 Å². The van der Waals surface area contributed by atoms with E-state index < -0.39 is 18.5 Å². The van der Waals surface area contributed by atoms with E-state index in [4.69, 9.17) is 5.84 Å². The van der Waals surface area contributed by atoms with Crippen LogP contribution in [0, 0.1) is 0 Å². The van der Waals surface area contributed by atoms with Gasteiger partial charge in [0.2, 0.25) is 0 Å². The monoisotopic (exact) mass is 233 g/mol. The lowest BCUT2D eigenvalue weighted by Gasteiger charge is -2.14. The van der Waals surface area contributed by atoms with Gasteiger partial charge in [-0.05, 0) is 11.6 Å². The highest BCUT2D eigenvalue weighted by molar-refractivity contribution is 5.94. The quantitative estimate of drug-likeness (QED) is 0.473. The topological polar surface area (TPSA) is 59.2 Å². The first kappa shape index (κ1) is 12.4. The highest BCUT2D eigenvalue weighted by Gasteiger charge is 2.30. The third kappa shape index (κ3) is 3.20. The lowest BCUT2D eigenvalue weighted by atomic mass is 10.1. The molecule has 0 saturated carbocycles. The number of pyridine rings is 1.